The summed E-state index contributed by atoms with van der Waals surface area (Å²) in [5, 5.41) is 11.4. The Morgan fingerprint density at radius 1 is 1.42 bits per heavy atom. The van der Waals surface area contributed by atoms with Crippen LogP contribution in [0.25, 0.3) is 0 Å². The molecule has 0 saturated heterocycles. The average molecular weight is 340 g/mol. The summed E-state index contributed by atoms with van der Waals surface area (Å²) in [6, 6.07) is 6.25. The molecule has 1 atom stereocenters. The van der Waals surface area contributed by atoms with Crippen LogP contribution in [0.2, 0.25) is 0 Å². The van der Waals surface area contributed by atoms with Gasteiger partial charge in [-0.15, -0.1) is 0 Å². The smallest absolute Gasteiger partial charge is 0.401 e. The molecule has 3 nitrogen and oxygen atoms in total. The highest BCUT2D eigenvalue weighted by atomic mass is 79.9. The molecule has 0 fully saturated rings. The highest BCUT2D eigenvalue weighted by molar-refractivity contribution is 9.10. The molecule has 0 aliphatic carbocycles. The van der Waals surface area contributed by atoms with Crippen molar-refractivity contribution in [1.29, 1.82) is 0 Å². The van der Waals surface area contributed by atoms with Gasteiger partial charge in [-0.05, 0) is 24.1 Å². The van der Waals surface area contributed by atoms with E-state index in [1.165, 1.54) is 19.1 Å². The molecule has 1 aromatic carbocycles. The van der Waals surface area contributed by atoms with Crippen molar-refractivity contribution in [3.05, 3.63) is 34.3 Å². The summed E-state index contributed by atoms with van der Waals surface area (Å²) in [5.74, 6) is -1.34. The summed E-state index contributed by atoms with van der Waals surface area (Å²) in [4.78, 5) is 11.4. The Morgan fingerprint density at radius 3 is 2.47 bits per heavy atom. The summed E-state index contributed by atoms with van der Waals surface area (Å²) in [5.41, 5.74) is -1.47. The third-order valence-corrected chi connectivity index (χ3v) is 3.30. The van der Waals surface area contributed by atoms with Crippen LogP contribution in [0.5, 0.6) is 0 Å². The van der Waals surface area contributed by atoms with Crippen molar-refractivity contribution in [3.63, 3.8) is 0 Å². The molecule has 0 spiro atoms. The first-order chi connectivity index (χ1) is 8.71. The Hall–Kier alpha value is -1.08. The highest BCUT2D eigenvalue weighted by Crippen LogP contribution is 2.29. The van der Waals surface area contributed by atoms with E-state index in [0.717, 1.165) is 0 Å². The molecule has 0 bridgehead atoms. The molecule has 1 unspecified atom stereocenters. The molecule has 2 N–H and O–H groups in total. The molecule has 1 aromatic rings. The van der Waals surface area contributed by atoms with Gasteiger partial charge in [0.25, 0.3) is 0 Å². The van der Waals surface area contributed by atoms with Gasteiger partial charge in [0.05, 0.1) is 6.54 Å². The van der Waals surface area contributed by atoms with Crippen molar-refractivity contribution in [2.75, 3.05) is 6.54 Å². The maximum absolute atomic E-state index is 12.3. The van der Waals surface area contributed by atoms with Crippen LogP contribution in [-0.4, -0.2) is 23.8 Å². The Kier molecular flexibility index (Phi) is 4.98. The Balaban J connectivity index is 3.16. The van der Waals surface area contributed by atoms with Gasteiger partial charge in [0.1, 0.15) is 5.54 Å². The second-order valence-electron chi connectivity index (χ2n) is 4.04. The topological polar surface area (TPSA) is 49.3 Å². The van der Waals surface area contributed by atoms with Crippen LogP contribution < -0.4 is 5.32 Å². The number of hydrogen-bond donors (Lipinski definition) is 2. The minimum Gasteiger partial charge on any atom is -0.480 e. The number of aliphatic carboxylic acids is 1. The van der Waals surface area contributed by atoms with Crippen LogP contribution in [0, 0.1) is 0 Å². The standard InChI is InChI=1S/C12H13BrF3NO2/c1-2-11(10(18)19,17-7-12(14,15)16)8-4-3-5-9(13)6-8/h3-6,17H,2,7H2,1H3,(H,18,19). The fourth-order valence-electron chi connectivity index (χ4n) is 1.79. The van der Waals surface area contributed by atoms with Gasteiger partial charge >= 0.3 is 12.1 Å². The third kappa shape index (κ3) is 3.94. The van der Waals surface area contributed by atoms with E-state index < -0.39 is 24.2 Å². The molecule has 0 heterocycles. The van der Waals surface area contributed by atoms with Crippen LogP contribution in [0.3, 0.4) is 0 Å². The van der Waals surface area contributed by atoms with Crippen LogP contribution >= 0.6 is 15.9 Å². The molecule has 0 radical (unpaired) electrons. The Labute approximate surface area is 116 Å². The van der Waals surface area contributed by atoms with Crippen LogP contribution in [0.1, 0.15) is 18.9 Å². The number of alkyl halides is 3. The normalized spacial score (nSPS) is 15.0. The van der Waals surface area contributed by atoms with Crippen LogP contribution in [0.4, 0.5) is 13.2 Å². The van der Waals surface area contributed by atoms with Crippen LogP contribution in [0.15, 0.2) is 28.7 Å². The molecule has 19 heavy (non-hydrogen) atoms. The van der Waals surface area contributed by atoms with E-state index in [0.29, 0.717) is 4.47 Å². The Morgan fingerprint density at radius 2 is 2.05 bits per heavy atom. The molecule has 7 heteroatoms. The second-order valence-corrected chi connectivity index (χ2v) is 4.96. The van der Waals surface area contributed by atoms with Gasteiger partial charge in [0, 0.05) is 4.47 Å². The molecule has 0 aliphatic heterocycles. The van der Waals surface area contributed by atoms with Crippen molar-refractivity contribution >= 4 is 21.9 Å². The van der Waals surface area contributed by atoms with E-state index in [1.807, 2.05) is 0 Å². The molecular weight excluding hydrogens is 327 g/mol. The molecular formula is C12H13BrF3NO2. The van der Waals surface area contributed by atoms with E-state index >= 15 is 0 Å². The van der Waals surface area contributed by atoms with Gasteiger partial charge in [-0.25, -0.2) is 4.79 Å². The Bertz CT molecular complexity index is 465. The van der Waals surface area contributed by atoms with Crippen molar-refractivity contribution in [1.82, 2.24) is 5.32 Å². The van der Waals surface area contributed by atoms with E-state index in [9.17, 15) is 23.1 Å². The van der Waals surface area contributed by atoms with Crippen LogP contribution in [-0.2, 0) is 10.3 Å². The van der Waals surface area contributed by atoms with Crippen molar-refractivity contribution in [2.45, 2.75) is 25.1 Å². The van der Waals surface area contributed by atoms with E-state index in [2.05, 4.69) is 21.2 Å². The number of nitrogens with one attached hydrogen (secondary N) is 1. The molecule has 1 rings (SSSR count). The SMILES string of the molecule is CCC(NCC(F)(F)F)(C(=O)O)c1cccc(Br)c1. The zero-order valence-electron chi connectivity index (χ0n) is 10.1. The van der Waals surface area contributed by atoms with Gasteiger partial charge in [0.15, 0.2) is 0 Å². The van der Waals surface area contributed by atoms with Gasteiger partial charge in [-0.2, -0.15) is 13.2 Å². The maximum atomic E-state index is 12.3. The number of hydrogen-bond acceptors (Lipinski definition) is 2. The minimum absolute atomic E-state index is 0.00509. The minimum atomic E-state index is -4.47. The zero-order valence-corrected chi connectivity index (χ0v) is 11.7. The third-order valence-electron chi connectivity index (χ3n) is 2.80. The fraction of sp³-hybridized carbons (Fsp3) is 0.417. The first kappa shape index (κ1) is 16.0. The summed E-state index contributed by atoms with van der Waals surface area (Å²) in [6.07, 6.45) is -4.48. The summed E-state index contributed by atoms with van der Waals surface area (Å²) < 4.78 is 37.6. The maximum Gasteiger partial charge on any atom is 0.401 e. The number of carbonyl (C=O) groups is 1. The van der Waals surface area contributed by atoms with E-state index in [4.69, 9.17) is 0 Å². The lowest BCUT2D eigenvalue weighted by Gasteiger charge is -2.30. The number of carboxylic acid groups (broad SMARTS) is 1. The molecule has 0 saturated carbocycles. The summed E-state index contributed by atoms with van der Waals surface area (Å²) in [7, 11) is 0. The molecule has 0 aromatic heterocycles. The number of carboxylic acids is 1. The van der Waals surface area contributed by atoms with Gasteiger partial charge in [0.2, 0.25) is 0 Å². The summed E-state index contributed by atoms with van der Waals surface area (Å²) in [6.45, 7) is 0.165. The zero-order chi connectivity index (χ0) is 14.7. The average Bonchev–Trinajstić information content (AvgIpc) is 2.28. The van der Waals surface area contributed by atoms with E-state index in [1.54, 1.807) is 12.1 Å². The van der Waals surface area contributed by atoms with Gasteiger partial charge in [-0.1, -0.05) is 35.0 Å². The summed E-state index contributed by atoms with van der Waals surface area (Å²) >= 11 is 3.18. The lowest BCUT2D eigenvalue weighted by molar-refractivity contribution is -0.151. The van der Waals surface area contributed by atoms with E-state index in [-0.39, 0.29) is 12.0 Å². The van der Waals surface area contributed by atoms with Crippen molar-refractivity contribution < 1.29 is 23.1 Å². The fourth-order valence-corrected chi connectivity index (χ4v) is 2.19. The van der Waals surface area contributed by atoms with Crippen molar-refractivity contribution in [2.24, 2.45) is 0 Å². The van der Waals surface area contributed by atoms with Gasteiger partial charge < -0.3 is 5.11 Å². The van der Waals surface area contributed by atoms with Gasteiger partial charge in [-0.3, -0.25) is 5.32 Å². The van der Waals surface area contributed by atoms with Crippen molar-refractivity contribution in [3.8, 4) is 0 Å². The second kappa shape index (κ2) is 5.92. The quantitative estimate of drug-likeness (QED) is 0.865. The highest BCUT2D eigenvalue weighted by Gasteiger charge is 2.41. The monoisotopic (exact) mass is 339 g/mol. The molecule has 106 valence electrons. The first-order valence-corrected chi connectivity index (χ1v) is 6.32. The largest absolute Gasteiger partial charge is 0.480 e. The molecule has 0 amide bonds. The number of benzene rings is 1. The predicted octanol–water partition coefficient (Wildman–Crippen LogP) is 3.29. The number of rotatable bonds is 5. The lowest BCUT2D eigenvalue weighted by Crippen LogP contribution is -2.51. The number of halogens is 4. The lowest BCUT2D eigenvalue weighted by atomic mass is 9.87. The predicted molar refractivity (Wildman–Crippen MR) is 67.8 cm³/mol. The molecule has 0 aliphatic rings. The first-order valence-electron chi connectivity index (χ1n) is 5.52.